The predicted octanol–water partition coefficient (Wildman–Crippen LogP) is 4.64. The van der Waals surface area contributed by atoms with E-state index in [1.54, 1.807) is 17.5 Å². The molecule has 0 unspecified atom stereocenters. The minimum atomic E-state index is 0.121. The summed E-state index contributed by atoms with van der Waals surface area (Å²) in [6.45, 7) is 5.48. The van der Waals surface area contributed by atoms with Gasteiger partial charge in [-0.1, -0.05) is 17.7 Å². The molecule has 0 amide bonds. The van der Waals surface area contributed by atoms with Crippen LogP contribution in [0.5, 0.6) is 5.88 Å². The number of rotatable bonds is 6. The zero-order chi connectivity index (χ0) is 14.5. The van der Waals surface area contributed by atoms with Crippen molar-refractivity contribution >= 4 is 38.9 Å². The summed E-state index contributed by atoms with van der Waals surface area (Å²) in [6, 6.07) is 5.98. The number of nitrogens with one attached hydrogen (secondary N) is 1. The molecule has 0 saturated heterocycles. The zero-order valence-corrected chi connectivity index (χ0v) is 14.5. The van der Waals surface area contributed by atoms with E-state index in [-0.39, 0.29) is 6.10 Å². The molecule has 3 nitrogen and oxygen atoms in total. The second-order valence-corrected chi connectivity index (χ2v) is 7.17. The first-order valence-corrected chi connectivity index (χ1v) is 8.30. The van der Waals surface area contributed by atoms with Gasteiger partial charge in [0.1, 0.15) is 4.34 Å². The zero-order valence-electron chi connectivity index (χ0n) is 11.3. The molecule has 0 aliphatic rings. The van der Waals surface area contributed by atoms with Crippen LogP contribution in [0.4, 0.5) is 0 Å². The summed E-state index contributed by atoms with van der Waals surface area (Å²) in [5.74, 6) is 0.695. The topological polar surface area (TPSA) is 34.1 Å². The van der Waals surface area contributed by atoms with Gasteiger partial charge in [-0.3, -0.25) is 0 Å². The Hall–Kier alpha value is -0.620. The summed E-state index contributed by atoms with van der Waals surface area (Å²) < 4.78 is 7.43. The van der Waals surface area contributed by atoms with E-state index in [9.17, 15) is 0 Å². The normalized spacial score (nSPS) is 11.1. The molecule has 0 saturated carbocycles. The van der Waals surface area contributed by atoms with Crippen molar-refractivity contribution in [1.29, 1.82) is 0 Å². The van der Waals surface area contributed by atoms with E-state index >= 15 is 0 Å². The van der Waals surface area contributed by atoms with Crippen LogP contribution in [0.1, 0.15) is 24.3 Å². The highest BCUT2D eigenvalue weighted by molar-refractivity contribution is 9.10. The molecular formula is C14H16BrClN2OS. The second kappa shape index (κ2) is 7.41. The lowest BCUT2D eigenvalue weighted by molar-refractivity contribution is 0.229. The lowest BCUT2D eigenvalue weighted by Gasteiger charge is -2.13. The summed E-state index contributed by atoms with van der Waals surface area (Å²) in [7, 11) is 0. The predicted molar refractivity (Wildman–Crippen MR) is 87.6 cm³/mol. The number of aromatic nitrogens is 1. The summed E-state index contributed by atoms with van der Waals surface area (Å²) in [4.78, 5) is 5.47. The van der Waals surface area contributed by atoms with Crippen molar-refractivity contribution in [2.24, 2.45) is 0 Å². The van der Waals surface area contributed by atoms with E-state index in [0.29, 0.717) is 12.4 Å². The van der Waals surface area contributed by atoms with Crippen LogP contribution in [-0.2, 0) is 13.1 Å². The minimum Gasteiger partial charge on any atom is -0.475 e. The average molecular weight is 376 g/mol. The van der Waals surface area contributed by atoms with Gasteiger partial charge < -0.3 is 10.1 Å². The van der Waals surface area contributed by atoms with Gasteiger partial charge in [0.25, 0.3) is 0 Å². The van der Waals surface area contributed by atoms with Crippen molar-refractivity contribution in [1.82, 2.24) is 10.3 Å². The van der Waals surface area contributed by atoms with Crippen LogP contribution in [0, 0.1) is 0 Å². The Balaban J connectivity index is 1.93. The van der Waals surface area contributed by atoms with Gasteiger partial charge in [-0.15, -0.1) is 11.3 Å². The monoisotopic (exact) mass is 374 g/mol. The molecule has 1 N–H and O–H groups in total. The van der Waals surface area contributed by atoms with Gasteiger partial charge in [-0.2, -0.15) is 0 Å². The third kappa shape index (κ3) is 4.45. The van der Waals surface area contributed by atoms with Gasteiger partial charge in [0, 0.05) is 34.2 Å². The molecule has 0 bridgehead atoms. The Kier molecular flexibility index (Phi) is 5.84. The van der Waals surface area contributed by atoms with Gasteiger partial charge >= 0.3 is 0 Å². The Morgan fingerprint density at radius 2 is 2.25 bits per heavy atom. The smallest absolute Gasteiger partial charge is 0.218 e. The lowest BCUT2D eigenvalue weighted by atomic mass is 10.2. The molecule has 0 aliphatic heterocycles. The Morgan fingerprint density at radius 1 is 1.45 bits per heavy atom. The molecule has 0 aliphatic carbocycles. The summed E-state index contributed by atoms with van der Waals surface area (Å²) in [5, 5.41) is 3.38. The standard InChI is InChI=1S/C14H16BrClN2OS/c1-9(2)19-14-10(4-3-5-18-14)7-17-8-11-6-12(15)13(16)20-11/h3-6,9,17H,7-8H2,1-2H3. The number of hydrogen-bond donors (Lipinski definition) is 1. The maximum atomic E-state index is 6.02. The van der Waals surface area contributed by atoms with E-state index in [0.717, 1.165) is 20.9 Å². The fourth-order valence-electron chi connectivity index (χ4n) is 1.69. The molecule has 2 rings (SSSR count). The molecule has 2 aromatic heterocycles. The van der Waals surface area contributed by atoms with Crippen molar-refractivity contribution in [2.75, 3.05) is 0 Å². The molecule has 0 atom stereocenters. The van der Waals surface area contributed by atoms with E-state index < -0.39 is 0 Å². The quantitative estimate of drug-likeness (QED) is 0.799. The van der Waals surface area contributed by atoms with Crippen LogP contribution >= 0.6 is 38.9 Å². The van der Waals surface area contributed by atoms with Crippen molar-refractivity contribution in [3.63, 3.8) is 0 Å². The molecule has 0 spiro atoms. The second-order valence-electron chi connectivity index (χ2n) is 4.57. The molecule has 108 valence electrons. The van der Waals surface area contributed by atoms with E-state index in [2.05, 4.69) is 26.2 Å². The summed E-state index contributed by atoms with van der Waals surface area (Å²) in [6.07, 6.45) is 1.87. The summed E-state index contributed by atoms with van der Waals surface area (Å²) >= 11 is 11.0. The third-order valence-corrected chi connectivity index (χ3v) is 4.98. The van der Waals surface area contributed by atoms with E-state index in [1.807, 2.05) is 32.0 Å². The van der Waals surface area contributed by atoms with E-state index in [1.165, 1.54) is 4.88 Å². The lowest BCUT2D eigenvalue weighted by Crippen LogP contribution is -2.15. The first kappa shape index (κ1) is 15.8. The molecular weight excluding hydrogens is 360 g/mol. The van der Waals surface area contributed by atoms with Crippen LogP contribution in [0.3, 0.4) is 0 Å². The maximum absolute atomic E-state index is 6.02. The number of pyridine rings is 1. The number of halogens is 2. The molecule has 20 heavy (non-hydrogen) atoms. The molecule has 6 heteroatoms. The van der Waals surface area contributed by atoms with Gasteiger partial charge in [-0.05, 0) is 41.9 Å². The van der Waals surface area contributed by atoms with Crippen molar-refractivity contribution in [3.05, 3.63) is 43.6 Å². The largest absolute Gasteiger partial charge is 0.475 e. The molecule has 0 radical (unpaired) electrons. The fourth-order valence-corrected chi connectivity index (χ4v) is 3.45. The Morgan fingerprint density at radius 3 is 2.90 bits per heavy atom. The fraction of sp³-hybridized carbons (Fsp3) is 0.357. The van der Waals surface area contributed by atoms with Gasteiger partial charge in [-0.25, -0.2) is 4.98 Å². The minimum absolute atomic E-state index is 0.121. The van der Waals surface area contributed by atoms with Gasteiger partial charge in [0.2, 0.25) is 5.88 Å². The highest BCUT2D eigenvalue weighted by Crippen LogP contribution is 2.31. The Labute approximate surface area is 136 Å². The van der Waals surface area contributed by atoms with Crippen molar-refractivity contribution < 1.29 is 4.74 Å². The number of nitrogens with zero attached hydrogens (tertiary/aromatic N) is 1. The molecule has 2 heterocycles. The van der Waals surface area contributed by atoms with E-state index in [4.69, 9.17) is 16.3 Å². The van der Waals surface area contributed by atoms with Crippen molar-refractivity contribution in [2.45, 2.75) is 33.0 Å². The number of ether oxygens (including phenoxy) is 1. The van der Waals surface area contributed by atoms with Gasteiger partial charge in [0.15, 0.2) is 0 Å². The molecule has 2 aromatic rings. The SMILES string of the molecule is CC(C)Oc1ncccc1CNCc1cc(Br)c(Cl)s1. The first-order chi connectivity index (χ1) is 9.56. The number of thiophene rings is 1. The van der Waals surface area contributed by atoms with Crippen LogP contribution in [0.15, 0.2) is 28.9 Å². The van der Waals surface area contributed by atoms with Crippen molar-refractivity contribution in [3.8, 4) is 5.88 Å². The average Bonchev–Trinajstić information content (AvgIpc) is 2.70. The third-order valence-electron chi connectivity index (χ3n) is 2.51. The summed E-state index contributed by atoms with van der Waals surface area (Å²) in [5.41, 5.74) is 1.06. The highest BCUT2D eigenvalue weighted by atomic mass is 79.9. The van der Waals surface area contributed by atoms with Crippen LogP contribution < -0.4 is 10.1 Å². The van der Waals surface area contributed by atoms with Crippen LogP contribution in [0.2, 0.25) is 4.34 Å². The Bertz CT molecular complexity index is 555. The highest BCUT2D eigenvalue weighted by Gasteiger charge is 2.08. The first-order valence-electron chi connectivity index (χ1n) is 6.31. The van der Waals surface area contributed by atoms with Crippen LogP contribution in [-0.4, -0.2) is 11.1 Å². The maximum Gasteiger partial charge on any atom is 0.218 e. The van der Waals surface area contributed by atoms with Crippen LogP contribution in [0.25, 0.3) is 0 Å². The molecule has 0 fully saturated rings. The number of hydrogen-bond acceptors (Lipinski definition) is 4. The molecule has 0 aromatic carbocycles. The van der Waals surface area contributed by atoms with Gasteiger partial charge in [0.05, 0.1) is 6.10 Å².